The molecule has 1 aromatic rings. The molecule has 2 unspecified atom stereocenters. The molecule has 1 aromatic heterocycles. The Balaban J connectivity index is 2.18. The highest BCUT2D eigenvalue weighted by molar-refractivity contribution is 7.15. The lowest BCUT2D eigenvalue weighted by Gasteiger charge is -2.25. The lowest BCUT2D eigenvalue weighted by Crippen LogP contribution is -2.17. The van der Waals surface area contributed by atoms with Crippen molar-refractivity contribution < 1.29 is 4.74 Å². The van der Waals surface area contributed by atoms with Crippen molar-refractivity contribution in [3.8, 4) is 0 Å². The van der Waals surface area contributed by atoms with E-state index in [4.69, 9.17) is 10.5 Å². The summed E-state index contributed by atoms with van der Waals surface area (Å²) in [5.74, 6) is 0.654. The molecule has 0 saturated carbocycles. The number of fused-ring (bicyclic) bond motifs is 1. The highest BCUT2D eigenvalue weighted by Gasteiger charge is 2.28. The average molecular weight is 226 g/mol. The average Bonchev–Trinajstić information content (AvgIpc) is 2.54. The van der Waals surface area contributed by atoms with E-state index >= 15 is 0 Å². The van der Waals surface area contributed by atoms with E-state index in [1.807, 2.05) is 0 Å². The topological polar surface area (TPSA) is 48.1 Å². The van der Waals surface area contributed by atoms with Crippen molar-refractivity contribution in [2.45, 2.75) is 39.2 Å². The predicted octanol–water partition coefficient (Wildman–Crippen LogP) is 2.78. The maximum Gasteiger partial charge on any atom is 0.180 e. The molecule has 0 radical (unpaired) electrons. The Morgan fingerprint density at radius 1 is 1.60 bits per heavy atom. The largest absolute Gasteiger partial charge is 0.375 e. The minimum atomic E-state index is 0.235. The van der Waals surface area contributed by atoms with Gasteiger partial charge in [0.25, 0.3) is 0 Å². The molecule has 2 atom stereocenters. The first kappa shape index (κ1) is 10.9. The molecule has 2 N–H and O–H groups in total. The molecule has 0 fully saturated rings. The van der Waals surface area contributed by atoms with Crippen LogP contribution in [0, 0.1) is 5.92 Å². The first-order chi connectivity index (χ1) is 7.20. The van der Waals surface area contributed by atoms with Gasteiger partial charge < -0.3 is 10.5 Å². The number of nitrogens with zero attached hydrogens (tertiary/aromatic N) is 1. The van der Waals surface area contributed by atoms with Crippen molar-refractivity contribution in [1.29, 1.82) is 0 Å². The molecule has 0 bridgehead atoms. The zero-order chi connectivity index (χ0) is 10.8. The van der Waals surface area contributed by atoms with Crippen molar-refractivity contribution in [3.63, 3.8) is 0 Å². The van der Waals surface area contributed by atoms with Crippen LogP contribution in [0.3, 0.4) is 0 Å². The van der Waals surface area contributed by atoms with E-state index in [0.29, 0.717) is 11.0 Å². The third kappa shape index (κ3) is 2.32. The van der Waals surface area contributed by atoms with Gasteiger partial charge in [0.2, 0.25) is 0 Å². The summed E-state index contributed by atoms with van der Waals surface area (Å²) in [6.07, 6.45) is 3.46. The molecule has 0 spiro atoms. The molecule has 1 aliphatic carbocycles. The van der Waals surface area contributed by atoms with Crippen LogP contribution in [0.25, 0.3) is 0 Å². The third-order valence-electron chi connectivity index (χ3n) is 2.72. The van der Waals surface area contributed by atoms with Gasteiger partial charge in [0.1, 0.15) is 0 Å². The molecule has 4 heteroatoms. The minimum Gasteiger partial charge on any atom is -0.375 e. The van der Waals surface area contributed by atoms with Gasteiger partial charge in [0, 0.05) is 6.61 Å². The molecule has 1 aliphatic rings. The number of hydrogen-bond acceptors (Lipinski definition) is 4. The highest BCUT2D eigenvalue weighted by atomic mass is 32.1. The summed E-state index contributed by atoms with van der Waals surface area (Å²) >= 11 is 1.59. The number of hydrogen-bond donors (Lipinski definition) is 1. The molecule has 2 rings (SSSR count). The fraction of sp³-hybridized carbons (Fsp3) is 0.727. The zero-order valence-corrected chi connectivity index (χ0v) is 10.1. The molecule has 3 nitrogen and oxygen atoms in total. The molecular formula is C11H18N2OS. The Kier molecular flexibility index (Phi) is 3.26. The Morgan fingerprint density at radius 3 is 3.13 bits per heavy atom. The van der Waals surface area contributed by atoms with Gasteiger partial charge in [-0.2, -0.15) is 0 Å². The van der Waals surface area contributed by atoms with Crippen LogP contribution < -0.4 is 5.73 Å². The molecule has 1 heterocycles. The number of ether oxygens (including phenoxy) is 1. The van der Waals surface area contributed by atoms with Crippen LogP contribution in [0.5, 0.6) is 0 Å². The van der Waals surface area contributed by atoms with Gasteiger partial charge in [-0.1, -0.05) is 25.2 Å². The number of anilines is 1. The van der Waals surface area contributed by atoms with Gasteiger partial charge >= 0.3 is 0 Å². The monoisotopic (exact) mass is 226 g/mol. The normalized spacial score (nSPS) is 25.2. The van der Waals surface area contributed by atoms with E-state index in [9.17, 15) is 0 Å². The summed E-state index contributed by atoms with van der Waals surface area (Å²) < 4.78 is 5.86. The summed E-state index contributed by atoms with van der Waals surface area (Å²) in [6, 6.07) is 0. The molecule has 15 heavy (non-hydrogen) atoms. The number of thiazole rings is 1. The summed E-state index contributed by atoms with van der Waals surface area (Å²) in [7, 11) is 0. The maximum atomic E-state index is 5.86. The molecule has 0 aliphatic heterocycles. The lowest BCUT2D eigenvalue weighted by molar-refractivity contribution is 0.0331. The van der Waals surface area contributed by atoms with Gasteiger partial charge in [0.15, 0.2) is 5.13 Å². The second kappa shape index (κ2) is 4.49. The van der Waals surface area contributed by atoms with E-state index in [1.165, 1.54) is 4.88 Å². The first-order valence-corrected chi connectivity index (χ1v) is 6.39. The Bertz CT molecular complexity index is 337. The number of nitrogens with two attached hydrogens (primary N) is 1. The predicted molar refractivity (Wildman–Crippen MR) is 63.0 cm³/mol. The fourth-order valence-electron chi connectivity index (χ4n) is 2.07. The maximum absolute atomic E-state index is 5.86. The van der Waals surface area contributed by atoms with Gasteiger partial charge in [0.05, 0.1) is 16.7 Å². The van der Waals surface area contributed by atoms with E-state index in [-0.39, 0.29) is 6.10 Å². The summed E-state index contributed by atoms with van der Waals surface area (Å²) in [4.78, 5) is 5.64. The van der Waals surface area contributed by atoms with E-state index in [1.54, 1.807) is 11.3 Å². The quantitative estimate of drug-likeness (QED) is 0.862. The molecular weight excluding hydrogens is 208 g/mol. The van der Waals surface area contributed by atoms with Crippen molar-refractivity contribution in [2.24, 2.45) is 5.92 Å². The Morgan fingerprint density at radius 2 is 2.40 bits per heavy atom. The standard InChI is InChI=1S/C11H18N2OS/c1-3-4-14-9-6-7(2)5-8-10(9)15-11(12)13-8/h7,9H,3-6H2,1-2H3,(H2,12,13). The first-order valence-electron chi connectivity index (χ1n) is 5.57. The minimum absolute atomic E-state index is 0.235. The molecule has 0 aromatic carbocycles. The van der Waals surface area contributed by atoms with Crippen LogP contribution in [0.4, 0.5) is 5.13 Å². The van der Waals surface area contributed by atoms with Crippen LogP contribution in [0.15, 0.2) is 0 Å². The number of aromatic nitrogens is 1. The van der Waals surface area contributed by atoms with Gasteiger partial charge in [-0.25, -0.2) is 4.98 Å². The summed E-state index contributed by atoms with van der Waals surface area (Å²) in [5.41, 5.74) is 6.91. The Labute approximate surface area is 94.7 Å². The zero-order valence-electron chi connectivity index (χ0n) is 9.32. The molecule has 84 valence electrons. The number of rotatable bonds is 3. The SMILES string of the molecule is CCCOC1CC(C)Cc2nc(N)sc21. The van der Waals surface area contributed by atoms with Crippen molar-refractivity contribution in [3.05, 3.63) is 10.6 Å². The van der Waals surface area contributed by atoms with Crippen LogP contribution >= 0.6 is 11.3 Å². The lowest BCUT2D eigenvalue weighted by atomic mass is 9.90. The third-order valence-corrected chi connectivity index (χ3v) is 3.74. The second-order valence-corrected chi connectivity index (χ2v) is 5.33. The fourth-order valence-corrected chi connectivity index (χ4v) is 2.99. The van der Waals surface area contributed by atoms with Crippen LogP contribution in [-0.4, -0.2) is 11.6 Å². The number of nitrogen functional groups attached to an aromatic ring is 1. The van der Waals surface area contributed by atoms with Crippen LogP contribution in [0.1, 0.15) is 43.4 Å². The van der Waals surface area contributed by atoms with Gasteiger partial charge in [-0.3, -0.25) is 0 Å². The Hall–Kier alpha value is -0.610. The van der Waals surface area contributed by atoms with Gasteiger partial charge in [-0.15, -0.1) is 0 Å². The van der Waals surface area contributed by atoms with E-state index in [2.05, 4.69) is 18.8 Å². The van der Waals surface area contributed by atoms with Crippen LogP contribution in [0.2, 0.25) is 0 Å². The summed E-state index contributed by atoms with van der Waals surface area (Å²) in [6.45, 7) is 5.21. The molecule has 0 saturated heterocycles. The van der Waals surface area contributed by atoms with Gasteiger partial charge in [-0.05, 0) is 25.2 Å². The van der Waals surface area contributed by atoms with Crippen molar-refractivity contribution in [1.82, 2.24) is 4.98 Å². The summed E-state index contributed by atoms with van der Waals surface area (Å²) in [5, 5.41) is 0.680. The van der Waals surface area contributed by atoms with E-state index in [0.717, 1.165) is 31.6 Å². The van der Waals surface area contributed by atoms with Crippen molar-refractivity contribution >= 4 is 16.5 Å². The second-order valence-electron chi connectivity index (χ2n) is 4.27. The van der Waals surface area contributed by atoms with E-state index < -0.39 is 0 Å². The molecule has 0 amide bonds. The van der Waals surface area contributed by atoms with Crippen molar-refractivity contribution in [2.75, 3.05) is 12.3 Å². The smallest absolute Gasteiger partial charge is 0.180 e. The van der Waals surface area contributed by atoms with Crippen LogP contribution in [-0.2, 0) is 11.2 Å². The highest BCUT2D eigenvalue weighted by Crippen LogP contribution is 2.39.